The molecule has 2 bridgehead atoms. The predicted octanol–water partition coefficient (Wildman–Crippen LogP) is 3.65. The number of fused-ring (bicyclic) bond motifs is 2. The van der Waals surface area contributed by atoms with Gasteiger partial charge in [0, 0.05) is 64.6 Å². The second kappa shape index (κ2) is 19.1. The summed E-state index contributed by atoms with van der Waals surface area (Å²) in [6.07, 6.45) is 0.600. The number of primary amides is 1. The number of phenolic OH excluding ortho intramolecular Hbond substituents is 1. The number of rotatable bonds is 8. The van der Waals surface area contributed by atoms with Crippen LogP contribution >= 0.6 is 0 Å². The molecule has 7 atom stereocenters. The van der Waals surface area contributed by atoms with Gasteiger partial charge >= 0.3 is 12.2 Å². The van der Waals surface area contributed by atoms with E-state index in [1.807, 2.05) is 19.9 Å². The third-order valence-corrected chi connectivity index (χ3v) is 8.26. The number of aliphatic hydroxyl groups is 1. The zero-order chi connectivity index (χ0) is 36.1. The number of carbonyl (C=O) groups is 3. The molecule has 0 spiro atoms. The van der Waals surface area contributed by atoms with Crippen molar-refractivity contribution in [3.63, 3.8) is 0 Å². The molecule has 48 heavy (non-hydrogen) atoms. The Kier molecular flexibility index (Phi) is 16.0. The predicted molar refractivity (Wildman–Crippen MR) is 181 cm³/mol. The molecule has 0 aliphatic carbocycles. The van der Waals surface area contributed by atoms with E-state index >= 15 is 0 Å². The van der Waals surface area contributed by atoms with Crippen LogP contribution in [-0.2, 0) is 23.7 Å². The minimum atomic E-state index is -1.30. The van der Waals surface area contributed by atoms with Crippen molar-refractivity contribution >= 4 is 23.8 Å². The fourth-order valence-corrected chi connectivity index (χ4v) is 5.65. The molecule has 3 amide bonds. The van der Waals surface area contributed by atoms with Crippen LogP contribution in [0, 0.1) is 11.8 Å². The molecular formula is C34H52N4O10. The van der Waals surface area contributed by atoms with E-state index in [1.54, 1.807) is 35.2 Å². The standard InChI is InChI=1S/C34H52N4O10/c1-19-11-10-12-26(39)30(48-33(35)42)20(2)15-21(3)31(46-9)27(44-7)16-22(4)29(45-8)24-17-23(18-25(28(24)40)37-32(19)41)47-34(43)38(6)14-13-36-5/h10-12,15,17-18,21-22,26-27,29-31,36,39-40H,13-14,16H2,1-9H3,(H2,35,42)(H,37,41)/b12-10-,19-11+,20-15+/t21-,22-,26-,27-,29+,30-,31+/m0/s1. The lowest BCUT2D eigenvalue weighted by atomic mass is 9.86. The van der Waals surface area contributed by atoms with E-state index in [2.05, 4.69) is 10.6 Å². The molecule has 1 heterocycles. The first-order valence-electron chi connectivity index (χ1n) is 15.7. The molecule has 6 N–H and O–H groups in total. The van der Waals surface area contributed by atoms with Gasteiger partial charge in [-0.3, -0.25) is 4.79 Å². The summed E-state index contributed by atoms with van der Waals surface area (Å²) >= 11 is 0. The van der Waals surface area contributed by atoms with Crippen LogP contribution in [0.2, 0.25) is 0 Å². The van der Waals surface area contributed by atoms with Crippen LogP contribution in [0.3, 0.4) is 0 Å². The van der Waals surface area contributed by atoms with Crippen molar-refractivity contribution in [2.24, 2.45) is 17.6 Å². The Labute approximate surface area is 282 Å². The number of nitrogens with zero attached hydrogens (tertiary/aromatic N) is 1. The van der Waals surface area contributed by atoms with Gasteiger partial charge in [0.2, 0.25) is 0 Å². The fourth-order valence-electron chi connectivity index (χ4n) is 5.65. The van der Waals surface area contributed by atoms with Gasteiger partial charge in [-0.2, -0.15) is 0 Å². The van der Waals surface area contributed by atoms with Gasteiger partial charge in [-0.1, -0.05) is 38.2 Å². The lowest BCUT2D eigenvalue weighted by molar-refractivity contribution is -0.112. The second-order valence-corrected chi connectivity index (χ2v) is 12.0. The van der Waals surface area contributed by atoms with Crippen molar-refractivity contribution in [2.75, 3.05) is 53.8 Å². The number of nitrogens with two attached hydrogens (primary N) is 1. The van der Waals surface area contributed by atoms with Crippen molar-refractivity contribution < 1.29 is 48.3 Å². The Morgan fingerprint density at radius 2 is 1.79 bits per heavy atom. The number of phenols is 1. The van der Waals surface area contributed by atoms with Gasteiger partial charge in [-0.15, -0.1) is 0 Å². The molecular weight excluding hydrogens is 624 g/mol. The average molecular weight is 677 g/mol. The fraction of sp³-hybridized carbons (Fsp3) is 0.559. The van der Waals surface area contributed by atoms with E-state index in [0.717, 1.165) is 0 Å². The normalized spacial score (nSPS) is 28.6. The molecule has 14 nitrogen and oxygen atoms in total. The Balaban J connectivity index is 2.73. The largest absolute Gasteiger partial charge is 0.505 e. The Morgan fingerprint density at radius 3 is 2.38 bits per heavy atom. The maximum Gasteiger partial charge on any atom is 0.415 e. The second-order valence-electron chi connectivity index (χ2n) is 12.0. The van der Waals surface area contributed by atoms with Crippen LogP contribution in [0.1, 0.15) is 45.8 Å². The minimum absolute atomic E-state index is 0.0106. The first-order chi connectivity index (χ1) is 22.7. The van der Waals surface area contributed by atoms with Crippen molar-refractivity contribution in [2.45, 2.75) is 64.6 Å². The van der Waals surface area contributed by atoms with E-state index in [1.165, 1.54) is 49.3 Å². The number of anilines is 1. The number of aromatic hydroxyl groups is 1. The summed E-state index contributed by atoms with van der Waals surface area (Å²) in [5.74, 6) is -1.37. The van der Waals surface area contributed by atoms with Gasteiger partial charge in [0.05, 0.1) is 24.0 Å². The maximum absolute atomic E-state index is 13.3. The highest BCUT2D eigenvalue weighted by Gasteiger charge is 2.33. The Bertz CT molecular complexity index is 1350. The third kappa shape index (κ3) is 11.1. The number of hydrogen-bond donors (Lipinski definition) is 5. The number of benzene rings is 1. The highest BCUT2D eigenvalue weighted by Crippen LogP contribution is 2.42. The smallest absolute Gasteiger partial charge is 0.415 e. The van der Waals surface area contributed by atoms with Crippen LogP contribution in [0.15, 0.2) is 47.6 Å². The summed E-state index contributed by atoms with van der Waals surface area (Å²) in [6.45, 7) is 7.98. The number of hydrogen-bond acceptors (Lipinski definition) is 11. The number of amides is 3. The Morgan fingerprint density at radius 1 is 1.10 bits per heavy atom. The molecule has 2 rings (SSSR count). The minimum Gasteiger partial charge on any atom is -0.505 e. The van der Waals surface area contributed by atoms with Crippen LogP contribution in [0.5, 0.6) is 11.5 Å². The van der Waals surface area contributed by atoms with Gasteiger partial charge in [0.25, 0.3) is 5.91 Å². The van der Waals surface area contributed by atoms with Gasteiger partial charge < -0.3 is 55.2 Å². The van der Waals surface area contributed by atoms with E-state index < -0.39 is 48.6 Å². The number of aliphatic hydroxyl groups excluding tert-OH is 1. The number of carbonyl (C=O) groups excluding carboxylic acids is 3. The monoisotopic (exact) mass is 676 g/mol. The molecule has 14 heteroatoms. The number of likely N-dealkylation sites (N-methyl/N-ethyl adjacent to an activating group) is 2. The molecule has 0 saturated carbocycles. The SMILES string of the molecule is CNCCN(C)C(=O)Oc1cc2c(O)c(c1)[C@H](OC)[C@@H](C)C[C@H](OC)[C@H](OC)[C@@H](C)/C=C(\C)[C@H](OC(N)=O)[C@@H](O)/C=C\C=C(/C)C(=O)N2. The highest BCUT2D eigenvalue weighted by atomic mass is 16.6. The third-order valence-electron chi connectivity index (χ3n) is 8.26. The number of nitrogens with one attached hydrogen (secondary N) is 2. The molecule has 1 aromatic rings. The molecule has 268 valence electrons. The molecule has 1 aromatic carbocycles. The van der Waals surface area contributed by atoms with Crippen molar-refractivity contribution in [3.8, 4) is 11.5 Å². The van der Waals surface area contributed by atoms with Crippen LogP contribution in [-0.4, -0.2) is 106 Å². The first-order valence-corrected chi connectivity index (χ1v) is 15.7. The summed E-state index contributed by atoms with van der Waals surface area (Å²) < 4.78 is 28.6. The van der Waals surface area contributed by atoms with E-state index in [-0.39, 0.29) is 40.2 Å². The molecule has 1 aliphatic rings. The summed E-state index contributed by atoms with van der Waals surface area (Å²) in [7, 11) is 7.97. The number of allylic oxidation sites excluding steroid dienone is 2. The van der Waals surface area contributed by atoms with Crippen molar-refractivity contribution in [3.05, 3.63) is 53.1 Å². The topological polar surface area (TPSA) is 191 Å². The molecule has 0 saturated heterocycles. The van der Waals surface area contributed by atoms with Crippen molar-refractivity contribution in [1.82, 2.24) is 10.2 Å². The molecule has 0 radical (unpaired) electrons. The van der Waals surface area contributed by atoms with E-state index in [0.29, 0.717) is 25.1 Å². The van der Waals surface area contributed by atoms with Crippen LogP contribution < -0.4 is 21.1 Å². The zero-order valence-corrected chi connectivity index (χ0v) is 29.3. The van der Waals surface area contributed by atoms with Gasteiger partial charge in [0.1, 0.15) is 17.6 Å². The summed E-state index contributed by atoms with van der Waals surface area (Å²) in [5.41, 5.74) is 6.32. The van der Waals surface area contributed by atoms with Gasteiger partial charge in [-0.25, -0.2) is 9.59 Å². The number of methoxy groups -OCH3 is 3. The first kappa shape index (κ1) is 40.2. The highest BCUT2D eigenvalue weighted by molar-refractivity contribution is 6.04. The molecule has 1 aliphatic heterocycles. The summed E-state index contributed by atoms with van der Waals surface area (Å²) in [4.78, 5) is 39.3. The van der Waals surface area contributed by atoms with Gasteiger partial charge in [-0.05, 0) is 44.9 Å². The molecule has 0 fully saturated rings. The Hall–Kier alpha value is -3.95. The van der Waals surface area contributed by atoms with Crippen LogP contribution in [0.25, 0.3) is 0 Å². The van der Waals surface area contributed by atoms with Crippen LogP contribution in [0.4, 0.5) is 15.3 Å². The quantitative estimate of drug-likeness (QED) is 0.200. The number of ether oxygens (including phenoxy) is 5. The molecule has 0 aromatic heterocycles. The van der Waals surface area contributed by atoms with E-state index in [4.69, 9.17) is 29.4 Å². The van der Waals surface area contributed by atoms with Gasteiger partial charge in [0.15, 0.2) is 6.10 Å². The molecule has 0 unspecified atom stereocenters. The lowest BCUT2D eigenvalue weighted by Gasteiger charge is -2.33. The maximum atomic E-state index is 13.3. The summed E-state index contributed by atoms with van der Waals surface area (Å²) in [5, 5.41) is 28.1. The van der Waals surface area contributed by atoms with E-state index in [9.17, 15) is 24.6 Å². The summed E-state index contributed by atoms with van der Waals surface area (Å²) in [6, 6.07) is 2.87. The van der Waals surface area contributed by atoms with Crippen molar-refractivity contribution in [1.29, 1.82) is 0 Å². The average Bonchev–Trinajstić information content (AvgIpc) is 3.03. The lowest BCUT2D eigenvalue weighted by Crippen LogP contribution is -2.38. The zero-order valence-electron chi connectivity index (χ0n) is 29.3.